The molecule has 2 rings (SSSR count). The van der Waals surface area contributed by atoms with Gasteiger partial charge >= 0.3 is 0 Å². The first kappa shape index (κ1) is 15.2. The number of benzene rings is 2. The van der Waals surface area contributed by atoms with Crippen LogP contribution in [0.3, 0.4) is 0 Å². The molecule has 0 radical (unpaired) electrons. The average Bonchev–Trinajstić information content (AvgIpc) is 2.50. The molecule has 3 heteroatoms. The summed E-state index contributed by atoms with van der Waals surface area (Å²) in [5.41, 5.74) is 2.10. The second kappa shape index (κ2) is 6.53. The molecule has 0 aliphatic heterocycles. The van der Waals surface area contributed by atoms with E-state index in [0.717, 1.165) is 18.4 Å². The van der Waals surface area contributed by atoms with Crippen molar-refractivity contribution in [3.05, 3.63) is 53.6 Å². The summed E-state index contributed by atoms with van der Waals surface area (Å²) in [6.45, 7) is 4.23. The second-order valence-electron chi connectivity index (χ2n) is 5.35. The molecule has 0 spiro atoms. The van der Waals surface area contributed by atoms with Gasteiger partial charge in [0, 0.05) is 0 Å². The van der Waals surface area contributed by atoms with Crippen molar-refractivity contribution in [1.29, 1.82) is 0 Å². The van der Waals surface area contributed by atoms with Crippen LogP contribution in [0.25, 0.3) is 0 Å². The van der Waals surface area contributed by atoms with Crippen LogP contribution in [0.15, 0.2) is 42.5 Å². The largest absolute Gasteiger partial charge is 0.504 e. The lowest BCUT2D eigenvalue weighted by Gasteiger charge is -2.26. The third-order valence-corrected chi connectivity index (χ3v) is 4.11. The van der Waals surface area contributed by atoms with Crippen molar-refractivity contribution in [3.63, 3.8) is 0 Å². The Morgan fingerprint density at radius 1 is 0.762 bits per heavy atom. The molecular weight excluding hydrogens is 264 g/mol. The van der Waals surface area contributed by atoms with Gasteiger partial charge in [-0.2, -0.15) is 0 Å². The molecule has 0 fully saturated rings. The zero-order valence-corrected chi connectivity index (χ0v) is 12.5. The third-order valence-electron chi connectivity index (χ3n) is 4.11. The van der Waals surface area contributed by atoms with Crippen LogP contribution in [0.5, 0.6) is 17.2 Å². The molecule has 0 heterocycles. The Morgan fingerprint density at radius 3 is 1.71 bits per heavy atom. The second-order valence-corrected chi connectivity index (χ2v) is 5.35. The molecule has 0 saturated heterocycles. The van der Waals surface area contributed by atoms with E-state index in [9.17, 15) is 15.3 Å². The van der Waals surface area contributed by atoms with E-state index in [4.69, 9.17) is 0 Å². The highest BCUT2D eigenvalue weighted by Gasteiger charge is 2.23. The van der Waals surface area contributed by atoms with Crippen molar-refractivity contribution in [3.8, 4) is 17.2 Å². The zero-order valence-electron chi connectivity index (χ0n) is 12.5. The van der Waals surface area contributed by atoms with Gasteiger partial charge in [-0.05, 0) is 47.9 Å². The number of aromatic hydroxyl groups is 3. The average molecular weight is 286 g/mol. The van der Waals surface area contributed by atoms with Gasteiger partial charge in [-0.15, -0.1) is 0 Å². The van der Waals surface area contributed by atoms with Crippen molar-refractivity contribution >= 4 is 0 Å². The maximum absolute atomic E-state index is 9.74. The Balaban J connectivity index is 2.43. The number of phenolic OH excluding ortho intramolecular Hbond substituents is 3. The standard InChI is InChI=1S/C18H22O3/c1-3-14(12-8-6-5-7-9-12)15(4-2)13-10-16(19)18(21)17(20)11-13/h5-11,14-15,19-21H,3-4H2,1-2H3/t14-,15+/m0/s1. The Morgan fingerprint density at radius 2 is 1.24 bits per heavy atom. The Hall–Kier alpha value is -2.16. The number of phenols is 3. The lowest BCUT2D eigenvalue weighted by molar-refractivity contribution is 0.365. The summed E-state index contributed by atoms with van der Waals surface area (Å²) in [6.07, 6.45) is 1.85. The van der Waals surface area contributed by atoms with Crippen LogP contribution in [-0.4, -0.2) is 15.3 Å². The normalized spacial score (nSPS) is 13.8. The Bertz CT molecular complexity index is 570. The van der Waals surface area contributed by atoms with Crippen LogP contribution in [0.1, 0.15) is 49.7 Å². The summed E-state index contributed by atoms with van der Waals surface area (Å²) in [4.78, 5) is 0. The molecule has 0 aliphatic rings. The molecule has 0 bridgehead atoms. The van der Waals surface area contributed by atoms with Crippen LogP contribution in [0.2, 0.25) is 0 Å². The predicted molar refractivity (Wildman–Crippen MR) is 83.9 cm³/mol. The molecule has 112 valence electrons. The van der Waals surface area contributed by atoms with Crippen molar-refractivity contribution < 1.29 is 15.3 Å². The first-order chi connectivity index (χ1) is 10.1. The fourth-order valence-electron chi connectivity index (χ4n) is 3.04. The molecular formula is C18H22O3. The Kier molecular flexibility index (Phi) is 4.73. The third kappa shape index (κ3) is 3.13. The van der Waals surface area contributed by atoms with Gasteiger partial charge in [0.1, 0.15) is 0 Å². The minimum absolute atomic E-state index is 0.176. The molecule has 3 N–H and O–H groups in total. The van der Waals surface area contributed by atoms with Crippen LogP contribution >= 0.6 is 0 Å². The van der Waals surface area contributed by atoms with E-state index in [1.807, 2.05) is 18.2 Å². The van der Waals surface area contributed by atoms with Gasteiger partial charge < -0.3 is 15.3 Å². The van der Waals surface area contributed by atoms with Gasteiger partial charge in [-0.1, -0.05) is 44.2 Å². The minimum Gasteiger partial charge on any atom is -0.504 e. The van der Waals surface area contributed by atoms with Crippen molar-refractivity contribution in [2.45, 2.75) is 38.5 Å². The lowest BCUT2D eigenvalue weighted by Crippen LogP contribution is -2.10. The van der Waals surface area contributed by atoms with E-state index in [-0.39, 0.29) is 17.4 Å². The van der Waals surface area contributed by atoms with Gasteiger partial charge in [0.2, 0.25) is 0 Å². The topological polar surface area (TPSA) is 60.7 Å². The highest BCUT2D eigenvalue weighted by molar-refractivity contribution is 5.52. The van der Waals surface area contributed by atoms with E-state index < -0.39 is 5.75 Å². The summed E-state index contributed by atoms with van der Waals surface area (Å²) in [5, 5.41) is 29.0. The maximum Gasteiger partial charge on any atom is 0.200 e. The molecule has 0 saturated carbocycles. The van der Waals surface area contributed by atoms with E-state index in [1.165, 1.54) is 5.56 Å². The highest BCUT2D eigenvalue weighted by Crippen LogP contribution is 2.43. The van der Waals surface area contributed by atoms with Crippen LogP contribution in [0.4, 0.5) is 0 Å². The van der Waals surface area contributed by atoms with Gasteiger partial charge in [0.05, 0.1) is 0 Å². The van der Waals surface area contributed by atoms with Crippen molar-refractivity contribution in [1.82, 2.24) is 0 Å². The summed E-state index contributed by atoms with van der Waals surface area (Å²) in [7, 11) is 0. The van der Waals surface area contributed by atoms with Crippen LogP contribution < -0.4 is 0 Å². The summed E-state index contributed by atoms with van der Waals surface area (Å²) < 4.78 is 0. The first-order valence-electron chi connectivity index (χ1n) is 7.38. The van der Waals surface area contributed by atoms with Gasteiger partial charge in [0.15, 0.2) is 17.2 Å². The molecule has 2 aromatic carbocycles. The maximum atomic E-state index is 9.74. The molecule has 0 amide bonds. The van der Waals surface area contributed by atoms with Gasteiger partial charge in [-0.25, -0.2) is 0 Å². The lowest BCUT2D eigenvalue weighted by atomic mass is 9.78. The molecule has 3 nitrogen and oxygen atoms in total. The highest BCUT2D eigenvalue weighted by atomic mass is 16.3. The zero-order chi connectivity index (χ0) is 15.4. The Labute approximate surface area is 125 Å². The first-order valence-corrected chi connectivity index (χ1v) is 7.38. The monoisotopic (exact) mass is 286 g/mol. The molecule has 2 atom stereocenters. The minimum atomic E-state index is -0.457. The summed E-state index contributed by atoms with van der Waals surface area (Å²) >= 11 is 0. The van der Waals surface area contributed by atoms with E-state index in [0.29, 0.717) is 5.92 Å². The van der Waals surface area contributed by atoms with Crippen molar-refractivity contribution in [2.24, 2.45) is 0 Å². The molecule has 0 aliphatic carbocycles. The smallest absolute Gasteiger partial charge is 0.200 e. The molecule has 21 heavy (non-hydrogen) atoms. The number of hydrogen-bond donors (Lipinski definition) is 3. The van der Waals surface area contributed by atoms with E-state index in [2.05, 4.69) is 26.0 Å². The number of rotatable bonds is 5. The predicted octanol–water partition coefficient (Wildman–Crippen LogP) is 4.49. The summed E-state index contributed by atoms with van der Waals surface area (Å²) in [5.74, 6) is -0.520. The van der Waals surface area contributed by atoms with E-state index >= 15 is 0 Å². The SMILES string of the molecule is CC[C@H](c1cc(O)c(O)c(O)c1)[C@@H](CC)c1ccccc1. The van der Waals surface area contributed by atoms with Crippen LogP contribution in [0, 0.1) is 0 Å². The van der Waals surface area contributed by atoms with Gasteiger partial charge in [0.25, 0.3) is 0 Å². The number of hydrogen-bond acceptors (Lipinski definition) is 3. The van der Waals surface area contributed by atoms with Crippen molar-refractivity contribution in [2.75, 3.05) is 0 Å². The fourth-order valence-corrected chi connectivity index (χ4v) is 3.04. The summed E-state index contributed by atoms with van der Waals surface area (Å²) in [6, 6.07) is 13.4. The van der Waals surface area contributed by atoms with E-state index in [1.54, 1.807) is 12.1 Å². The fraction of sp³-hybridized carbons (Fsp3) is 0.333. The molecule has 0 unspecified atom stereocenters. The van der Waals surface area contributed by atoms with Crippen LogP contribution in [-0.2, 0) is 0 Å². The van der Waals surface area contributed by atoms with Gasteiger partial charge in [-0.3, -0.25) is 0 Å². The molecule has 2 aromatic rings. The quantitative estimate of drug-likeness (QED) is 0.710. The molecule has 0 aromatic heterocycles.